The predicted octanol–water partition coefficient (Wildman–Crippen LogP) is 3.49. The molecule has 1 aromatic heterocycles. The Labute approximate surface area is 272 Å². The first-order chi connectivity index (χ1) is 22.6. The summed E-state index contributed by atoms with van der Waals surface area (Å²) in [7, 11) is 0. The van der Waals surface area contributed by atoms with Gasteiger partial charge in [0.2, 0.25) is 11.8 Å². The summed E-state index contributed by atoms with van der Waals surface area (Å²) in [5, 5.41) is 30.0. The van der Waals surface area contributed by atoms with E-state index in [4.69, 9.17) is 4.74 Å². The number of benzene rings is 3. The average Bonchev–Trinajstić information content (AvgIpc) is 3.58. The first-order valence-electron chi connectivity index (χ1n) is 15.6. The number of aromatic amines is 1. The van der Waals surface area contributed by atoms with Crippen molar-refractivity contribution in [2.24, 2.45) is 5.92 Å². The summed E-state index contributed by atoms with van der Waals surface area (Å²) < 4.78 is 5.42. The molecule has 248 valence electrons. The monoisotopic (exact) mass is 643 g/mol. The predicted molar refractivity (Wildman–Crippen MR) is 175 cm³/mol. The maximum absolute atomic E-state index is 14.0. The van der Waals surface area contributed by atoms with Crippen molar-refractivity contribution in [1.29, 1.82) is 0 Å². The number of nitrogens with zero attached hydrogens (tertiary/aromatic N) is 1. The van der Waals surface area contributed by atoms with Gasteiger partial charge in [-0.2, -0.15) is 0 Å². The zero-order valence-corrected chi connectivity index (χ0v) is 26.4. The van der Waals surface area contributed by atoms with E-state index in [0.29, 0.717) is 12.1 Å². The fourth-order valence-corrected chi connectivity index (χ4v) is 5.34. The van der Waals surface area contributed by atoms with Crippen molar-refractivity contribution in [3.8, 4) is 0 Å². The van der Waals surface area contributed by atoms with E-state index in [9.17, 15) is 29.4 Å². The lowest BCUT2D eigenvalue weighted by Gasteiger charge is -2.30. The molecule has 1 heterocycles. The molecule has 0 saturated heterocycles. The fraction of sp³-hybridized carbons (Fsp3) is 0.343. The van der Waals surface area contributed by atoms with Crippen LogP contribution in [0.25, 0.3) is 10.8 Å². The molecule has 47 heavy (non-hydrogen) atoms. The molecule has 12 heteroatoms. The number of hydrogen-bond acceptors (Lipinski definition) is 7. The quantitative estimate of drug-likeness (QED) is 0.107. The maximum Gasteiger partial charge on any atom is 0.408 e. The van der Waals surface area contributed by atoms with Crippen LogP contribution in [-0.4, -0.2) is 68.3 Å². The van der Waals surface area contributed by atoms with Gasteiger partial charge in [-0.05, 0) is 27.8 Å². The number of carboxylic acids is 1. The molecule has 4 aromatic rings. The summed E-state index contributed by atoms with van der Waals surface area (Å²) in [5.41, 5.74) is 2.06. The Balaban J connectivity index is 1.58. The van der Waals surface area contributed by atoms with Crippen LogP contribution in [0.1, 0.15) is 43.5 Å². The molecular formula is C35H41N5O7. The first kappa shape index (κ1) is 34.6. The zero-order chi connectivity index (χ0) is 33.8. The molecule has 0 saturated carbocycles. The second kappa shape index (κ2) is 16.9. The first-order valence-corrected chi connectivity index (χ1v) is 15.6. The molecule has 6 N–H and O–H groups in total. The molecule has 0 aliphatic heterocycles. The molecule has 3 amide bonds. The van der Waals surface area contributed by atoms with E-state index in [1.807, 2.05) is 79.7 Å². The zero-order valence-electron chi connectivity index (χ0n) is 26.4. The Kier molecular flexibility index (Phi) is 12.5. The van der Waals surface area contributed by atoms with Crippen LogP contribution in [0.4, 0.5) is 4.79 Å². The fourth-order valence-electron chi connectivity index (χ4n) is 5.34. The van der Waals surface area contributed by atoms with Crippen molar-refractivity contribution < 1.29 is 34.1 Å². The number of hydrogen-bond donors (Lipinski definition) is 6. The van der Waals surface area contributed by atoms with Crippen LogP contribution in [0.3, 0.4) is 0 Å². The number of ether oxygens (including phenoxy) is 1. The lowest BCUT2D eigenvalue weighted by Crippen LogP contribution is -2.58. The number of aliphatic carboxylic acids is 1. The van der Waals surface area contributed by atoms with E-state index in [1.165, 1.54) is 6.33 Å². The van der Waals surface area contributed by atoms with Gasteiger partial charge in [0.05, 0.1) is 30.6 Å². The van der Waals surface area contributed by atoms with Crippen LogP contribution >= 0.6 is 0 Å². The van der Waals surface area contributed by atoms with Gasteiger partial charge in [-0.1, -0.05) is 93.1 Å². The summed E-state index contributed by atoms with van der Waals surface area (Å²) in [4.78, 5) is 59.1. The van der Waals surface area contributed by atoms with Gasteiger partial charge in [-0.15, -0.1) is 0 Å². The van der Waals surface area contributed by atoms with E-state index >= 15 is 0 Å². The number of imidazole rings is 1. The molecule has 12 nitrogen and oxygen atoms in total. The number of nitrogens with one attached hydrogen (secondary N) is 4. The van der Waals surface area contributed by atoms with Gasteiger partial charge in [0, 0.05) is 19.0 Å². The number of carbonyl (C=O) groups excluding carboxylic acids is 3. The molecule has 0 aliphatic carbocycles. The van der Waals surface area contributed by atoms with Gasteiger partial charge in [-0.25, -0.2) is 9.78 Å². The van der Waals surface area contributed by atoms with Crippen molar-refractivity contribution in [2.75, 3.05) is 0 Å². The Hall–Kier alpha value is -5.23. The van der Waals surface area contributed by atoms with Gasteiger partial charge < -0.3 is 35.9 Å². The Morgan fingerprint density at radius 1 is 0.872 bits per heavy atom. The van der Waals surface area contributed by atoms with Crippen LogP contribution in [0.5, 0.6) is 0 Å². The number of H-pyrrole nitrogens is 1. The highest BCUT2D eigenvalue weighted by Crippen LogP contribution is 2.20. The van der Waals surface area contributed by atoms with Gasteiger partial charge in [0.25, 0.3) is 0 Å². The molecule has 0 bridgehead atoms. The number of fused-ring (bicyclic) bond motifs is 1. The van der Waals surface area contributed by atoms with Crippen molar-refractivity contribution >= 4 is 34.6 Å². The number of carboxylic acid groups (broad SMARTS) is 1. The maximum atomic E-state index is 14.0. The summed E-state index contributed by atoms with van der Waals surface area (Å²) >= 11 is 0. The van der Waals surface area contributed by atoms with Crippen LogP contribution < -0.4 is 16.0 Å². The Morgan fingerprint density at radius 3 is 2.26 bits per heavy atom. The van der Waals surface area contributed by atoms with E-state index in [2.05, 4.69) is 25.9 Å². The van der Waals surface area contributed by atoms with Crippen LogP contribution in [0.15, 0.2) is 85.3 Å². The van der Waals surface area contributed by atoms with Gasteiger partial charge in [0.1, 0.15) is 18.7 Å². The van der Waals surface area contributed by atoms with E-state index in [-0.39, 0.29) is 25.4 Å². The highest BCUT2D eigenvalue weighted by atomic mass is 16.5. The lowest BCUT2D eigenvalue weighted by molar-refractivity contribution is -0.140. The highest BCUT2D eigenvalue weighted by molar-refractivity contribution is 5.93. The Morgan fingerprint density at radius 2 is 1.55 bits per heavy atom. The standard InChI is InChI=1S/C35H41N5O7/c1-3-22(2)32(30(41)18-31(42)43)40-34(45)29(17-26-19-36-21-37-26)38-33(44)28(39-35(46)47-20-23-10-5-4-6-11-23)16-25-14-9-13-24-12-7-8-15-27(24)25/h4-15,19,21-22,28-30,32,41H,3,16-18,20H2,1-2H3,(H,36,37)(H,38,44)(H,39,46)(H,40,45)(H,42,43)/t22?,28-,29-,30-,32-/m0/s1. The smallest absolute Gasteiger partial charge is 0.408 e. The van der Waals surface area contributed by atoms with Crippen molar-refractivity contribution in [3.05, 3.63) is 102 Å². The molecule has 0 spiro atoms. The van der Waals surface area contributed by atoms with Gasteiger partial charge in [-0.3, -0.25) is 14.4 Å². The molecule has 3 aromatic carbocycles. The van der Waals surface area contributed by atoms with Crippen molar-refractivity contribution in [1.82, 2.24) is 25.9 Å². The largest absolute Gasteiger partial charge is 0.481 e. The average molecular weight is 644 g/mol. The summed E-state index contributed by atoms with van der Waals surface area (Å²) in [5.74, 6) is -2.75. The second-order valence-electron chi connectivity index (χ2n) is 11.5. The van der Waals surface area contributed by atoms with Crippen molar-refractivity contribution in [3.63, 3.8) is 0 Å². The third-order valence-electron chi connectivity index (χ3n) is 8.09. The summed E-state index contributed by atoms with van der Waals surface area (Å²) in [6, 6.07) is 19.3. The third-order valence-corrected chi connectivity index (χ3v) is 8.09. The van der Waals surface area contributed by atoms with E-state index in [1.54, 1.807) is 13.1 Å². The van der Waals surface area contributed by atoms with E-state index < -0.39 is 54.5 Å². The SMILES string of the molecule is CCC(C)[C@H](NC(=O)[C@H](Cc1c[nH]cn1)NC(=O)[C@H](Cc1cccc2ccccc12)NC(=O)OCc1ccccc1)[C@@H](O)CC(=O)O. The number of alkyl carbamates (subject to hydrolysis) is 1. The number of aliphatic hydroxyl groups excluding tert-OH is 1. The minimum atomic E-state index is -1.35. The molecule has 4 rings (SSSR count). The number of aliphatic hydroxyl groups is 1. The second-order valence-corrected chi connectivity index (χ2v) is 11.5. The number of aromatic nitrogens is 2. The normalized spacial score (nSPS) is 14.3. The molecule has 0 aliphatic rings. The minimum Gasteiger partial charge on any atom is -0.481 e. The molecular weight excluding hydrogens is 602 g/mol. The molecule has 0 fully saturated rings. The molecule has 1 unspecified atom stereocenters. The van der Waals surface area contributed by atoms with Gasteiger partial charge in [0.15, 0.2) is 0 Å². The lowest BCUT2D eigenvalue weighted by atomic mass is 9.92. The number of amides is 3. The summed E-state index contributed by atoms with van der Waals surface area (Å²) in [6.07, 6.45) is 0.945. The van der Waals surface area contributed by atoms with Crippen LogP contribution in [0, 0.1) is 5.92 Å². The van der Waals surface area contributed by atoms with Crippen molar-refractivity contribution in [2.45, 2.75) is 70.4 Å². The van der Waals surface area contributed by atoms with Gasteiger partial charge >= 0.3 is 12.1 Å². The van der Waals surface area contributed by atoms with Crippen LogP contribution in [-0.2, 0) is 38.6 Å². The Bertz CT molecular complexity index is 1620. The third kappa shape index (κ3) is 10.1. The number of carbonyl (C=O) groups is 4. The summed E-state index contributed by atoms with van der Waals surface area (Å²) in [6.45, 7) is 3.65. The molecule has 0 radical (unpaired) electrons. The van der Waals surface area contributed by atoms with Crippen LogP contribution in [0.2, 0.25) is 0 Å². The number of rotatable bonds is 16. The highest BCUT2D eigenvalue weighted by Gasteiger charge is 2.33. The topological polar surface area (TPSA) is 183 Å². The molecule has 5 atom stereocenters. The minimum absolute atomic E-state index is 0.00482. The van der Waals surface area contributed by atoms with E-state index in [0.717, 1.165) is 21.9 Å².